The van der Waals surface area contributed by atoms with Crippen molar-refractivity contribution in [2.45, 2.75) is 6.54 Å². The van der Waals surface area contributed by atoms with Crippen molar-refractivity contribution >= 4 is 17.7 Å². The highest BCUT2D eigenvalue weighted by Gasteiger charge is 2.19. The van der Waals surface area contributed by atoms with Gasteiger partial charge in [-0.05, 0) is 6.07 Å². The summed E-state index contributed by atoms with van der Waals surface area (Å²) in [6.45, 7) is -0.235. The van der Waals surface area contributed by atoms with Gasteiger partial charge in [0.1, 0.15) is 0 Å². The lowest BCUT2D eigenvalue weighted by Crippen LogP contribution is -2.39. The summed E-state index contributed by atoms with van der Waals surface area (Å²) >= 11 is 0. The molecule has 0 saturated carbocycles. The molecule has 1 rings (SSSR count). The van der Waals surface area contributed by atoms with Crippen LogP contribution in [0.25, 0.3) is 0 Å². The van der Waals surface area contributed by atoms with Crippen LogP contribution in [0.15, 0.2) is 16.7 Å². The Labute approximate surface area is 108 Å². The summed E-state index contributed by atoms with van der Waals surface area (Å²) < 4.78 is 4.98. The van der Waals surface area contributed by atoms with Crippen molar-refractivity contribution < 1.29 is 18.8 Å². The maximum atomic E-state index is 11.4. The Morgan fingerprint density at radius 2 is 1.79 bits per heavy atom. The first-order valence-electron chi connectivity index (χ1n) is 5.30. The van der Waals surface area contributed by atoms with Crippen LogP contribution in [0.5, 0.6) is 0 Å². The summed E-state index contributed by atoms with van der Waals surface area (Å²) in [5.41, 5.74) is 12.5. The predicted molar refractivity (Wildman–Crippen MR) is 64.0 cm³/mol. The van der Waals surface area contributed by atoms with Crippen molar-refractivity contribution in [1.29, 1.82) is 0 Å². The van der Waals surface area contributed by atoms with Crippen LogP contribution in [0.2, 0.25) is 0 Å². The van der Waals surface area contributed by atoms with Gasteiger partial charge in [0.25, 0.3) is 0 Å². The van der Waals surface area contributed by atoms with E-state index in [0.29, 0.717) is 5.56 Å². The van der Waals surface area contributed by atoms with Crippen molar-refractivity contribution in [2.24, 2.45) is 17.3 Å². The molecular weight excluding hydrogens is 254 g/mol. The van der Waals surface area contributed by atoms with Crippen molar-refractivity contribution in [1.82, 2.24) is 10.3 Å². The summed E-state index contributed by atoms with van der Waals surface area (Å²) in [5, 5.41) is 0. The van der Waals surface area contributed by atoms with Crippen molar-refractivity contribution in [3.05, 3.63) is 23.7 Å². The Morgan fingerprint density at radius 3 is 2.26 bits per heavy atom. The first-order chi connectivity index (χ1) is 8.93. The monoisotopic (exact) mass is 269 g/mol. The highest BCUT2D eigenvalue weighted by molar-refractivity contribution is 5.92. The molecule has 0 aliphatic rings. The quantitative estimate of drug-likeness (QED) is 0.246. The molecule has 1 heterocycles. The zero-order valence-electron chi connectivity index (χ0n) is 10.1. The number of nitrogens with one attached hydrogen (secondary N) is 1. The molecule has 0 spiro atoms. The molecule has 0 unspecified atom stereocenters. The molecule has 0 radical (unpaired) electrons. The van der Waals surface area contributed by atoms with E-state index in [-0.39, 0.29) is 25.4 Å². The van der Waals surface area contributed by atoms with Gasteiger partial charge in [0.15, 0.2) is 5.76 Å². The van der Waals surface area contributed by atoms with Gasteiger partial charge in [-0.3, -0.25) is 24.7 Å². The molecule has 0 aliphatic heterocycles. The van der Waals surface area contributed by atoms with E-state index in [2.05, 4.69) is 0 Å². The molecule has 7 N–H and O–H groups in total. The Kier molecular flexibility index (Phi) is 5.03. The zero-order chi connectivity index (χ0) is 14.4. The molecular formula is C10H15N5O4. The van der Waals surface area contributed by atoms with Crippen LogP contribution < -0.4 is 22.7 Å². The van der Waals surface area contributed by atoms with Gasteiger partial charge in [0, 0.05) is 12.1 Å². The molecule has 0 aromatic carbocycles. The van der Waals surface area contributed by atoms with E-state index >= 15 is 0 Å². The number of nitrogens with zero attached hydrogens (tertiary/aromatic N) is 1. The van der Waals surface area contributed by atoms with E-state index in [1.165, 1.54) is 17.2 Å². The lowest BCUT2D eigenvalue weighted by molar-refractivity contribution is -0.122. The van der Waals surface area contributed by atoms with Gasteiger partial charge in [0.2, 0.25) is 11.8 Å². The highest BCUT2D eigenvalue weighted by atomic mass is 16.3. The SMILES string of the molecule is NNC(=O)c1occc1CN(CC(N)=O)CC(N)=O. The highest BCUT2D eigenvalue weighted by Crippen LogP contribution is 2.13. The molecule has 0 saturated heterocycles. The van der Waals surface area contributed by atoms with E-state index in [4.69, 9.17) is 21.7 Å². The van der Waals surface area contributed by atoms with Gasteiger partial charge in [-0.2, -0.15) is 0 Å². The van der Waals surface area contributed by atoms with Crippen LogP contribution in [0.1, 0.15) is 16.1 Å². The first-order valence-corrected chi connectivity index (χ1v) is 5.30. The minimum absolute atomic E-state index is 0.00133. The minimum atomic E-state index is -0.616. The van der Waals surface area contributed by atoms with E-state index in [9.17, 15) is 14.4 Å². The van der Waals surface area contributed by atoms with Crippen LogP contribution in [-0.4, -0.2) is 35.7 Å². The normalized spacial score (nSPS) is 10.4. The fraction of sp³-hybridized carbons (Fsp3) is 0.300. The third-order valence-electron chi connectivity index (χ3n) is 2.24. The Morgan fingerprint density at radius 1 is 1.21 bits per heavy atom. The van der Waals surface area contributed by atoms with Crippen molar-refractivity contribution in [3.63, 3.8) is 0 Å². The van der Waals surface area contributed by atoms with Gasteiger partial charge in [-0.1, -0.05) is 0 Å². The van der Waals surface area contributed by atoms with Gasteiger partial charge in [-0.15, -0.1) is 0 Å². The topological polar surface area (TPSA) is 158 Å². The second-order valence-corrected chi connectivity index (χ2v) is 3.83. The average molecular weight is 269 g/mol. The van der Waals surface area contributed by atoms with Crippen molar-refractivity contribution in [3.8, 4) is 0 Å². The molecule has 104 valence electrons. The molecule has 0 bridgehead atoms. The number of hydrogen-bond donors (Lipinski definition) is 4. The zero-order valence-corrected chi connectivity index (χ0v) is 10.1. The molecule has 9 nitrogen and oxygen atoms in total. The smallest absolute Gasteiger partial charge is 0.301 e. The molecule has 3 amide bonds. The van der Waals surface area contributed by atoms with Crippen LogP contribution in [-0.2, 0) is 16.1 Å². The van der Waals surface area contributed by atoms with Gasteiger partial charge < -0.3 is 15.9 Å². The van der Waals surface area contributed by atoms with Crippen LogP contribution >= 0.6 is 0 Å². The molecule has 9 heteroatoms. The van der Waals surface area contributed by atoms with Crippen LogP contribution in [0.3, 0.4) is 0 Å². The number of primary amides is 2. The van der Waals surface area contributed by atoms with Crippen molar-refractivity contribution in [2.75, 3.05) is 13.1 Å². The van der Waals surface area contributed by atoms with E-state index in [1.807, 2.05) is 5.43 Å². The number of nitrogen functional groups attached to an aromatic ring is 1. The molecule has 0 fully saturated rings. The van der Waals surface area contributed by atoms with Crippen LogP contribution in [0, 0.1) is 0 Å². The van der Waals surface area contributed by atoms with E-state index < -0.39 is 17.7 Å². The second kappa shape index (κ2) is 6.52. The molecule has 0 aliphatic carbocycles. The number of nitrogens with two attached hydrogens (primary N) is 3. The summed E-state index contributed by atoms with van der Waals surface area (Å²) in [6, 6.07) is 1.53. The fourth-order valence-corrected chi connectivity index (χ4v) is 1.57. The number of furan rings is 1. The fourth-order valence-electron chi connectivity index (χ4n) is 1.57. The Bertz CT molecular complexity index is 468. The minimum Gasteiger partial charge on any atom is -0.459 e. The summed E-state index contributed by atoms with van der Waals surface area (Å²) in [6.07, 6.45) is 1.30. The lowest BCUT2D eigenvalue weighted by atomic mass is 10.2. The molecule has 19 heavy (non-hydrogen) atoms. The Hall–Kier alpha value is -2.39. The summed E-state index contributed by atoms with van der Waals surface area (Å²) in [7, 11) is 0. The second-order valence-electron chi connectivity index (χ2n) is 3.83. The van der Waals surface area contributed by atoms with E-state index in [0.717, 1.165) is 0 Å². The van der Waals surface area contributed by atoms with Gasteiger partial charge >= 0.3 is 5.91 Å². The molecule has 0 atom stereocenters. The number of rotatable bonds is 7. The standard InChI is InChI=1S/C10H15N5O4/c11-7(16)4-15(5-8(12)17)3-6-1-2-19-9(6)10(18)14-13/h1-2H,3-5,13H2,(H2,11,16)(H2,12,17)(H,14,18). The number of hydrazine groups is 1. The van der Waals surface area contributed by atoms with Crippen LogP contribution in [0.4, 0.5) is 0 Å². The summed E-state index contributed by atoms with van der Waals surface area (Å²) in [5.74, 6) is 3.16. The predicted octanol–water partition coefficient (Wildman–Crippen LogP) is -2.34. The number of hydrogen-bond acceptors (Lipinski definition) is 6. The maximum absolute atomic E-state index is 11.4. The van der Waals surface area contributed by atoms with E-state index in [1.54, 1.807) is 0 Å². The number of amides is 3. The third kappa shape index (κ3) is 4.41. The lowest BCUT2D eigenvalue weighted by Gasteiger charge is -2.18. The molecule has 1 aromatic heterocycles. The average Bonchev–Trinajstić information content (AvgIpc) is 2.74. The number of carbonyl (C=O) groups excluding carboxylic acids is 3. The maximum Gasteiger partial charge on any atom is 0.301 e. The number of carbonyl (C=O) groups is 3. The first kappa shape index (κ1) is 14.7. The Balaban J connectivity index is 2.83. The third-order valence-corrected chi connectivity index (χ3v) is 2.24. The van der Waals surface area contributed by atoms with Gasteiger partial charge in [-0.25, -0.2) is 5.84 Å². The largest absolute Gasteiger partial charge is 0.459 e. The molecule has 1 aromatic rings. The van der Waals surface area contributed by atoms with Gasteiger partial charge in [0.05, 0.1) is 19.4 Å². The summed E-state index contributed by atoms with van der Waals surface area (Å²) in [4.78, 5) is 34.6.